The Hall–Kier alpha value is -2.03. The van der Waals surface area contributed by atoms with Crippen LogP contribution in [0.5, 0.6) is 0 Å². The first-order valence-corrected chi connectivity index (χ1v) is 6.41. The van der Waals surface area contributed by atoms with E-state index < -0.39 is 0 Å². The van der Waals surface area contributed by atoms with Crippen molar-refractivity contribution in [3.05, 3.63) is 59.4 Å². The van der Waals surface area contributed by atoms with Crippen LogP contribution in [0.2, 0.25) is 0 Å². The molecule has 100 valence electrons. The average Bonchev–Trinajstić information content (AvgIpc) is 2.37. The average molecular weight is 258 g/mol. The zero-order chi connectivity index (χ0) is 13.8. The van der Waals surface area contributed by atoms with Gasteiger partial charge in [0, 0.05) is 17.4 Å². The van der Waals surface area contributed by atoms with Gasteiger partial charge in [0.05, 0.1) is 0 Å². The van der Waals surface area contributed by atoms with E-state index in [0.29, 0.717) is 0 Å². The Balaban J connectivity index is 1.98. The number of aryl methyl sites for hydroxylation is 1. The third-order valence-electron chi connectivity index (χ3n) is 3.14. The van der Waals surface area contributed by atoms with Gasteiger partial charge in [-0.1, -0.05) is 12.1 Å². The molecule has 2 nitrogen and oxygen atoms in total. The van der Waals surface area contributed by atoms with Gasteiger partial charge in [-0.3, -0.25) is 0 Å². The fourth-order valence-corrected chi connectivity index (χ4v) is 2.08. The maximum atomic E-state index is 12.8. The monoisotopic (exact) mass is 258 g/mol. The molecule has 2 rings (SSSR count). The van der Waals surface area contributed by atoms with Crippen LogP contribution in [0.1, 0.15) is 18.1 Å². The molecule has 1 atom stereocenters. The lowest BCUT2D eigenvalue weighted by atomic mass is 10.1. The van der Waals surface area contributed by atoms with Crippen LogP contribution in [0.15, 0.2) is 42.5 Å². The number of halogens is 1. The van der Waals surface area contributed by atoms with Crippen LogP contribution < -0.4 is 11.1 Å². The van der Waals surface area contributed by atoms with E-state index in [1.165, 1.54) is 12.1 Å². The number of nitrogens with one attached hydrogen (secondary N) is 1. The van der Waals surface area contributed by atoms with Gasteiger partial charge in [-0.15, -0.1) is 0 Å². The Morgan fingerprint density at radius 2 is 1.84 bits per heavy atom. The molecule has 0 spiro atoms. The minimum atomic E-state index is -0.196. The van der Waals surface area contributed by atoms with E-state index in [1.807, 2.05) is 37.3 Å². The van der Waals surface area contributed by atoms with Crippen molar-refractivity contribution in [3.63, 3.8) is 0 Å². The van der Waals surface area contributed by atoms with E-state index >= 15 is 0 Å². The third-order valence-corrected chi connectivity index (χ3v) is 3.14. The standard InChI is InChI=1S/C16H19FN2/c1-11-9-15(7-8-16(11)18)19-12(2)10-13-3-5-14(17)6-4-13/h3-9,12,19H,10,18H2,1-2H3. The topological polar surface area (TPSA) is 38.0 Å². The second-order valence-electron chi connectivity index (χ2n) is 4.95. The summed E-state index contributed by atoms with van der Waals surface area (Å²) in [5.74, 6) is -0.196. The van der Waals surface area contributed by atoms with Crippen LogP contribution in [-0.4, -0.2) is 6.04 Å². The fourth-order valence-electron chi connectivity index (χ4n) is 2.08. The van der Waals surface area contributed by atoms with E-state index in [4.69, 9.17) is 5.73 Å². The molecule has 0 aliphatic carbocycles. The molecule has 0 bridgehead atoms. The largest absolute Gasteiger partial charge is 0.399 e. The van der Waals surface area contributed by atoms with Crippen LogP contribution in [0, 0.1) is 12.7 Å². The Morgan fingerprint density at radius 3 is 2.47 bits per heavy atom. The zero-order valence-electron chi connectivity index (χ0n) is 11.3. The molecule has 0 radical (unpaired) electrons. The highest BCUT2D eigenvalue weighted by Crippen LogP contribution is 2.18. The Bertz CT molecular complexity index is 549. The number of anilines is 2. The van der Waals surface area contributed by atoms with Crippen LogP contribution >= 0.6 is 0 Å². The smallest absolute Gasteiger partial charge is 0.123 e. The minimum Gasteiger partial charge on any atom is -0.399 e. The fraction of sp³-hybridized carbons (Fsp3) is 0.250. The number of hydrogen-bond acceptors (Lipinski definition) is 2. The highest BCUT2D eigenvalue weighted by molar-refractivity contribution is 5.57. The summed E-state index contributed by atoms with van der Waals surface area (Å²) in [5.41, 5.74) is 9.84. The first kappa shape index (κ1) is 13.4. The highest BCUT2D eigenvalue weighted by Gasteiger charge is 2.05. The van der Waals surface area contributed by atoms with Gasteiger partial charge in [0.1, 0.15) is 5.82 Å². The summed E-state index contributed by atoms with van der Waals surface area (Å²) in [6.07, 6.45) is 0.851. The lowest BCUT2D eigenvalue weighted by Gasteiger charge is -2.16. The molecule has 0 saturated heterocycles. The maximum Gasteiger partial charge on any atom is 0.123 e. The Kier molecular flexibility index (Phi) is 4.05. The molecule has 1 unspecified atom stereocenters. The van der Waals surface area contributed by atoms with E-state index in [1.54, 1.807) is 0 Å². The van der Waals surface area contributed by atoms with Crippen LogP contribution in [0.4, 0.5) is 15.8 Å². The molecule has 3 N–H and O–H groups in total. The van der Waals surface area contributed by atoms with Gasteiger partial charge in [-0.2, -0.15) is 0 Å². The maximum absolute atomic E-state index is 12.8. The highest BCUT2D eigenvalue weighted by atomic mass is 19.1. The minimum absolute atomic E-state index is 0.196. The number of nitrogens with two attached hydrogens (primary N) is 1. The summed E-state index contributed by atoms with van der Waals surface area (Å²) in [5, 5.41) is 3.42. The molecule has 0 aliphatic rings. The van der Waals surface area contributed by atoms with Crippen molar-refractivity contribution < 1.29 is 4.39 Å². The quantitative estimate of drug-likeness (QED) is 0.819. The van der Waals surface area contributed by atoms with Gasteiger partial charge < -0.3 is 11.1 Å². The van der Waals surface area contributed by atoms with Crippen molar-refractivity contribution in [2.45, 2.75) is 26.3 Å². The van der Waals surface area contributed by atoms with E-state index in [0.717, 1.165) is 28.9 Å². The SMILES string of the molecule is Cc1cc(NC(C)Cc2ccc(F)cc2)ccc1N. The molecule has 0 aliphatic heterocycles. The van der Waals surface area contributed by atoms with Gasteiger partial charge in [0.2, 0.25) is 0 Å². The van der Waals surface area contributed by atoms with Gasteiger partial charge in [0.15, 0.2) is 0 Å². The molecular formula is C16H19FN2. The molecule has 2 aromatic rings. The molecule has 19 heavy (non-hydrogen) atoms. The summed E-state index contributed by atoms with van der Waals surface area (Å²) in [7, 11) is 0. The number of benzene rings is 2. The summed E-state index contributed by atoms with van der Waals surface area (Å²) in [6.45, 7) is 4.10. The molecule has 0 amide bonds. The Morgan fingerprint density at radius 1 is 1.16 bits per heavy atom. The molecule has 0 saturated carbocycles. The van der Waals surface area contributed by atoms with E-state index in [9.17, 15) is 4.39 Å². The van der Waals surface area contributed by atoms with E-state index in [2.05, 4.69) is 12.2 Å². The van der Waals surface area contributed by atoms with Gasteiger partial charge in [-0.05, 0) is 61.7 Å². The van der Waals surface area contributed by atoms with Gasteiger partial charge in [0.25, 0.3) is 0 Å². The van der Waals surface area contributed by atoms with Gasteiger partial charge in [-0.25, -0.2) is 4.39 Å². The molecule has 3 heteroatoms. The van der Waals surface area contributed by atoms with Crippen molar-refractivity contribution in [1.82, 2.24) is 0 Å². The number of rotatable bonds is 4. The third kappa shape index (κ3) is 3.71. The molecular weight excluding hydrogens is 239 g/mol. The second-order valence-corrected chi connectivity index (χ2v) is 4.95. The Labute approximate surface area is 113 Å². The zero-order valence-corrected chi connectivity index (χ0v) is 11.3. The summed E-state index contributed by atoms with van der Waals surface area (Å²) in [6, 6.07) is 12.8. The summed E-state index contributed by atoms with van der Waals surface area (Å²) >= 11 is 0. The molecule has 0 aromatic heterocycles. The van der Waals surface area contributed by atoms with Crippen molar-refractivity contribution in [2.24, 2.45) is 0 Å². The molecule has 2 aromatic carbocycles. The summed E-state index contributed by atoms with van der Waals surface area (Å²) in [4.78, 5) is 0. The summed E-state index contributed by atoms with van der Waals surface area (Å²) < 4.78 is 12.8. The van der Waals surface area contributed by atoms with Crippen molar-refractivity contribution >= 4 is 11.4 Å². The van der Waals surface area contributed by atoms with Gasteiger partial charge >= 0.3 is 0 Å². The number of nitrogen functional groups attached to an aromatic ring is 1. The normalized spacial score (nSPS) is 12.2. The molecule has 0 heterocycles. The van der Waals surface area contributed by atoms with Crippen molar-refractivity contribution in [1.29, 1.82) is 0 Å². The van der Waals surface area contributed by atoms with Crippen LogP contribution in [0.25, 0.3) is 0 Å². The lowest BCUT2D eigenvalue weighted by molar-refractivity contribution is 0.626. The van der Waals surface area contributed by atoms with Crippen molar-refractivity contribution in [2.75, 3.05) is 11.1 Å². The second kappa shape index (κ2) is 5.74. The first-order valence-electron chi connectivity index (χ1n) is 6.41. The van der Waals surface area contributed by atoms with Crippen LogP contribution in [0.3, 0.4) is 0 Å². The predicted molar refractivity (Wildman–Crippen MR) is 78.8 cm³/mol. The lowest BCUT2D eigenvalue weighted by Crippen LogP contribution is -2.18. The van der Waals surface area contributed by atoms with Crippen LogP contribution in [-0.2, 0) is 6.42 Å². The predicted octanol–water partition coefficient (Wildman–Crippen LogP) is 3.76. The van der Waals surface area contributed by atoms with Crippen molar-refractivity contribution in [3.8, 4) is 0 Å². The first-order chi connectivity index (χ1) is 9.04. The van der Waals surface area contributed by atoms with E-state index in [-0.39, 0.29) is 11.9 Å². The molecule has 0 fully saturated rings. The number of hydrogen-bond donors (Lipinski definition) is 2.